The van der Waals surface area contributed by atoms with Crippen LogP contribution in [0.4, 0.5) is 15.9 Å². The fourth-order valence-corrected chi connectivity index (χ4v) is 3.73. The number of aryl methyl sites for hydroxylation is 1. The van der Waals surface area contributed by atoms with Crippen molar-refractivity contribution in [3.8, 4) is 5.69 Å². The maximum absolute atomic E-state index is 13.2. The number of aromatic nitrogens is 4. The smallest absolute Gasteiger partial charge is 0.295 e. The van der Waals surface area contributed by atoms with Gasteiger partial charge in [-0.1, -0.05) is 18.2 Å². The molecule has 0 aliphatic carbocycles. The second-order valence-electron chi connectivity index (χ2n) is 7.31. The molecule has 1 aliphatic rings. The van der Waals surface area contributed by atoms with Gasteiger partial charge in [-0.05, 0) is 60.5 Å². The van der Waals surface area contributed by atoms with E-state index in [9.17, 15) is 9.18 Å². The zero-order chi connectivity index (χ0) is 21.4. The lowest BCUT2D eigenvalue weighted by Crippen LogP contribution is -2.17. The van der Waals surface area contributed by atoms with Crippen LogP contribution >= 0.6 is 0 Å². The Labute approximate surface area is 178 Å². The Bertz CT molecular complexity index is 1250. The number of rotatable bonds is 4. The lowest BCUT2D eigenvalue weighted by atomic mass is 10.1. The first-order chi connectivity index (χ1) is 15.1. The van der Waals surface area contributed by atoms with Crippen LogP contribution in [0.3, 0.4) is 0 Å². The molecule has 0 fully saturated rings. The van der Waals surface area contributed by atoms with Crippen LogP contribution in [0.5, 0.6) is 0 Å². The molecule has 0 spiro atoms. The second-order valence-corrected chi connectivity index (χ2v) is 7.31. The minimum Gasteiger partial charge on any atom is -0.348 e. The van der Waals surface area contributed by atoms with Gasteiger partial charge in [-0.3, -0.25) is 4.79 Å². The third kappa shape index (κ3) is 3.63. The van der Waals surface area contributed by atoms with E-state index < -0.39 is 5.91 Å². The average Bonchev–Trinajstić information content (AvgIpc) is 3.40. The van der Waals surface area contributed by atoms with Crippen molar-refractivity contribution in [2.45, 2.75) is 20.0 Å². The molecule has 154 valence electrons. The van der Waals surface area contributed by atoms with Crippen LogP contribution in [-0.2, 0) is 13.1 Å². The van der Waals surface area contributed by atoms with Gasteiger partial charge < -0.3 is 10.2 Å². The Hall–Kier alpha value is -4.07. The number of hydrogen-bond acceptors (Lipinski definition) is 5. The molecule has 0 saturated carbocycles. The summed E-state index contributed by atoms with van der Waals surface area (Å²) in [5, 5.41) is 7.26. The van der Waals surface area contributed by atoms with E-state index in [2.05, 4.69) is 31.3 Å². The molecule has 0 saturated heterocycles. The highest BCUT2D eigenvalue weighted by Crippen LogP contribution is 2.32. The summed E-state index contributed by atoms with van der Waals surface area (Å²) in [5.74, 6) is 0.757. The van der Waals surface area contributed by atoms with Gasteiger partial charge in [0.15, 0.2) is 0 Å². The first-order valence-electron chi connectivity index (χ1n) is 9.86. The monoisotopic (exact) mass is 414 g/mol. The molecule has 0 bridgehead atoms. The molecule has 0 radical (unpaired) electrons. The number of pyridine rings is 1. The first kappa shape index (κ1) is 18.9. The van der Waals surface area contributed by atoms with E-state index in [1.807, 2.05) is 30.3 Å². The van der Waals surface area contributed by atoms with E-state index in [1.54, 1.807) is 25.3 Å². The number of carbonyl (C=O) groups excluding carboxylic acids is 1. The first-order valence-corrected chi connectivity index (χ1v) is 9.86. The molecule has 0 unspecified atom stereocenters. The van der Waals surface area contributed by atoms with Gasteiger partial charge in [0.1, 0.15) is 17.5 Å². The summed E-state index contributed by atoms with van der Waals surface area (Å²) >= 11 is 0. The summed E-state index contributed by atoms with van der Waals surface area (Å²) in [6.07, 6.45) is 1.77. The Balaban J connectivity index is 1.38. The predicted octanol–water partition coefficient (Wildman–Crippen LogP) is 3.88. The Morgan fingerprint density at radius 3 is 2.65 bits per heavy atom. The van der Waals surface area contributed by atoms with Gasteiger partial charge in [0, 0.05) is 25.0 Å². The number of hydrogen-bond donors (Lipinski definition) is 1. The SMILES string of the molecule is Cc1nc(C(=O)Nc2cccc3c2CN(c2ccccn2)C3)nn1-c1ccc(F)cc1. The van der Waals surface area contributed by atoms with Crippen LogP contribution in [-0.4, -0.2) is 25.7 Å². The van der Waals surface area contributed by atoms with Crippen molar-refractivity contribution >= 4 is 17.4 Å². The van der Waals surface area contributed by atoms with Crippen molar-refractivity contribution in [2.75, 3.05) is 10.2 Å². The minimum atomic E-state index is -0.395. The van der Waals surface area contributed by atoms with E-state index in [-0.39, 0.29) is 11.6 Å². The number of nitrogens with zero attached hydrogens (tertiary/aromatic N) is 5. The molecule has 7 nitrogen and oxygen atoms in total. The van der Waals surface area contributed by atoms with Crippen LogP contribution in [0.25, 0.3) is 5.69 Å². The van der Waals surface area contributed by atoms with E-state index in [1.165, 1.54) is 16.8 Å². The minimum absolute atomic E-state index is 0.0546. The number of halogens is 1. The molecule has 31 heavy (non-hydrogen) atoms. The maximum atomic E-state index is 13.2. The van der Waals surface area contributed by atoms with Gasteiger partial charge in [0.25, 0.3) is 5.91 Å². The lowest BCUT2D eigenvalue weighted by molar-refractivity contribution is 0.101. The van der Waals surface area contributed by atoms with Crippen LogP contribution in [0, 0.1) is 12.7 Å². The largest absolute Gasteiger partial charge is 0.348 e. The van der Waals surface area contributed by atoms with Gasteiger partial charge in [0.2, 0.25) is 5.82 Å². The van der Waals surface area contributed by atoms with Crippen molar-refractivity contribution in [1.82, 2.24) is 19.7 Å². The number of anilines is 2. The van der Waals surface area contributed by atoms with E-state index in [0.29, 0.717) is 18.1 Å². The Morgan fingerprint density at radius 2 is 1.87 bits per heavy atom. The van der Waals surface area contributed by atoms with E-state index in [4.69, 9.17) is 0 Å². The van der Waals surface area contributed by atoms with Crippen LogP contribution in [0.15, 0.2) is 66.9 Å². The number of fused-ring (bicyclic) bond motifs is 1. The third-order valence-corrected chi connectivity index (χ3v) is 5.25. The summed E-state index contributed by atoms with van der Waals surface area (Å²) in [4.78, 5) is 23.7. The molecule has 1 N–H and O–H groups in total. The molecule has 5 rings (SSSR count). The topological polar surface area (TPSA) is 75.9 Å². The quantitative estimate of drug-likeness (QED) is 0.548. The fourth-order valence-electron chi connectivity index (χ4n) is 3.73. The Morgan fingerprint density at radius 1 is 1.03 bits per heavy atom. The number of benzene rings is 2. The Kier molecular flexibility index (Phi) is 4.66. The zero-order valence-electron chi connectivity index (χ0n) is 16.8. The predicted molar refractivity (Wildman–Crippen MR) is 115 cm³/mol. The van der Waals surface area contributed by atoms with Crippen LogP contribution in [0.2, 0.25) is 0 Å². The molecule has 2 aromatic heterocycles. The maximum Gasteiger partial charge on any atom is 0.295 e. The molecule has 1 aliphatic heterocycles. The fraction of sp³-hybridized carbons (Fsp3) is 0.130. The summed E-state index contributed by atoms with van der Waals surface area (Å²) in [6, 6.07) is 17.5. The van der Waals surface area contributed by atoms with Crippen LogP contribution < -0.4 is 10.2 Å². The molecule has 2 aromatic carbocycles. The second kappa shape index (κ2) is 7.64. The summed E-state index contributed by atoms with van der Waals surface area (Å²) in [5.41, 5.74) is 3.56. The molecule has 0 atom stereocenters. The van der Waals surface area contributed by atoms with Crippen molar-refractivity contribution < 1.29 is 9.18 Å². The standard InChI is InChI=1S/C23H19FN6O/c1-15-26-22(28-30(15)18-10-8-17(24)9-11-18)23(31)27-20-6-4-5-16-13-29(14-19(16)20)21-7-2-3-12-25-21/h2-12H,13-14H2,1H3,(H,27,31). The zero-order valence-corrected chi connectivity index (χ0v) is 16.8. The van der Waals surface area contributed by atoms with Crippen molar-refractivity contribution in [2.24, 2.45) is 0 Å². The van der Waals surface area contributed by atoms with Gasteiger partial charge >= 0.3 is 0 Å². The number of carbonyl (C=O) groups is 1. The highest BCUT2D eigenvalue weighted by atomic mass is 19.1. The number of amides is 1. The normalized spacial score (nSPS) is 12.6. The third-order valence-electron chi connectivity index (χ3n) is 5.25. The van der Waals surface area contributed by atoms with Crippen LogP contribution in [0.1, 0.15) is 27.6 Å². The van der Waals surface area contributed by atoms with Gasteiger partial charge in [-0.15, -0.1) is 5.10 Å². The van der Waals surface area contributed by atoms with Gasteiger partial charge in [-0.2, -0.15) is 0 Å². The molecule has 3 heterocycles. The van der Waals surface area contributed by atoms with Crippen molar-refractivity contribution in [3.63, 3.8) is 0 Å². The summed E-state index contributed by atoms with van der Waals surface area (Å²) in [7, 11) is 0. The lowest BCUT2D eigenvalue weighted by Gasteiger charge is -2.16. The van der Waals surface area contributed by atoms with Crippen molar-refractivity contribution in [3.05, 3.63) is 95.5 Å². The van der Waals surface area contributed by atoms with Gasteiger partial charge in [0.05, 0.1) is 5.69 Å². The van der Waals surface area contributed by atoms with Gasteiger partial charge in [-0.25, -0.2) is 19.0 Å². The molecular weight excluding hydrogens is 395 g/mol. The van der Waals surface area contributed by atoms with E-state index in [0.717, 1.165) is 29.2 Å². The highest BCUT2D eigenvalue weighted by molar-refractivity contribution is 6.02. The molecule has 8 heteroatoms. The number of nitrogens with one attached hydrogen (secondary N) is 1. The van der Waals surface area contributed by atoms with E-state index >= 15 is 0 Å². The highest BCUT2D eigenvalue weighted by Gasteiger charge is 2.24. The molecule has 4 aromatic rings. The summed E-state index contributed by atoms with van der Waals surface area (Å²) < 4.78 is 14.7. The molecule has 1 amide bonds. The average molecular weight is 414 g/mol. The van der Waals surface area contributed by atoms with Crippen molar-refractivity contribution in [1.29, 1.82) is 0 Å². The summed E-state index contributed by atoms with van der Waals surface area (Å²) in [6.45, 7) is 3.13. The molecular formula is C23H19FN6O.